The number of nitrogens with zero attached hydrogens (tertiary/aromatic N) is 1. The topological polar surface area (TPSA) is 226 Å². The molecule has 0 unspecified atom stereocenters. The number of aliphatic imine (C=N–C) groups is 1. The van der Waals surface area contributed by atoms with Crippen molar-refractivity contribution in [1.29, 1.82) is 0 Å². The maximum absolute atomic E-state index is 12.6. The van der Waals surface area contributed by atoms with Gasteiger partial charge in [-0.3, -0.25) is 19.2 Å². The van der Waals surface area contributed by atoms with E-state index in [4.69, 9.17) is 16.6 Å². The zero-order chi connectivity index (χ0) is 26.7. The van der Waals surface area contributed by atoms with Gasteiger partial charge < -0.3 is 37.6 Å². The quantitative estimate of drug-likeness (QED) is 0.149. The van der Waals surface area contributed by atoms with Crippen molar-refractivity contribution in [1.82, 2.24) is 16.0 Å². The highest BCUT2D eigenvalue weighted by Crippen LogP contribution is 2.14. The van der Waals surface area contributed by atoms with Crippen molar-refractivity contribution in [3.05, 3.63) is 65.7 Å². The molecule has 36 heavy (non-hydrogen) atoms. The average Bonchev–Trinajstić information content (AvgIpc) is 2.82. The Morgan fingerprint density at radius 2 is 1.53 bits per heavy atom. The van der Waals surface area contributed by atoms with E-state index in [1.807, 2.05) is 0 Å². The molecule has 0 saturated carbocycles. The number of carboxylic acid groups (broad SMARTS) is 2. The Morgan fingerprint density at radius 1 is 0.889 bits per heavy atom. The second-order valence-corrected chi connectivity index (χ2v) is 7.50. The fraction of sp³-hybridized carbons (Fsp3) is 0.217. The highest BCUT2D eigenvalue weighted by atomic mass is 16.4. The summed E-state index contributed by atoms with van der Waals surface area (Å²) in [4.78, 5) is 63.8. The number of hydrogen-bond acceptors (Lipinski definition) is 6. The molecule has 13 heteroatoms. The fourth-order valence-electron chi connectivity index (χ4n) is 3.05. The predicted molar refractivity (Wildman–Crippen MR) is 128 cm³/mol. The van der Waals surface area contributed by atoms with Crippen LogP contribution in [-0.4, -0.2) is 58.4 Å². The third kappa shape index (κ3) is 8.78. The van der Waals surface area contributed by atoms with E-state index in [0.29, 0.717) is 5.69 Å². The molecule has 2 aromatic rings. The first-order valence-electron chi connectivity index (χ1n) is 10.6. The zero-order valence-electron chi connectivity index (χ0n) is 19.0. The maximum atomic E-state index is 12.6. The van der Waals surface area contributed by atoms with Crippen molar-refractivity contribution >= 4 is 41.3 Å². The summed E-state index contributed by atoms with van der Waals surface area (Å²) >= 11 is 0. The van der Waals surface area contributed by atoms with E-state index in [0.717, 1.165) is 0 Å². The summed E-state index contributed by atoms with van der Waals surface area (Å²) in [5.74, 6) is -5.04. The molecule has 190 valence electrons. The van der Waals surface area contributed by atoms with Crippen LogP contribution in [0.3, 0.4) is 0 Å². The number of guanidine groups is 1. The minimum Gasteiger partial charge on any atom is -0.481 e. The first kappa shape index (κ1) is 27.3. The molecular formula is C23H26N6O7. The number of rotatable bonds is 12. The first-order valence-corrected chi connectivity index (χ1v) is 10.6. The highest BCUT2D eigenvalue weighted by molar-refractivity contribution is 5.95. The first-order chi connectivity index (χ1) is 17.1. The van der Waals surface area contributed by atoms with Crippen LogP contribution in [0.25, 0.3) is 0 Å². The lowest BCUT2D eigenvalue weighted by molar-refractivity contribution is -0.143. The number of aliphatic carboxylic acids is 2. The van der Waals surface area contributed by atoms with E-state index >= 15 is 0 Å². The van der Waals surface area contributed by atoms with Gasteiger partial charge in [-0.15, -0.1) is 0 Å². The van der Waals surface area contributed by atoms with Gasteiger partial charge in [0.1, 0.15) is 6.04 Å². The predicted octanol–water partition coefficient (Wildman–Crippen LogP) is -0.387. The molecule has 0 heterocycles. The number of nitrogens with one attached hydrogen (secondary N) is 3. The third-order valence-corrected chi connectivity index (χ3v) is 4.72. The van der Waals surface area contributed by atoms with Gasteiger partial charge in [-0.05, 0) is 29.8 Å². The van der Waals surface area contributed by atoms with Gasteiger partial charge in [0.15, 0.2) is 12.0 Å². The second kappa shape index (κ2) is 13.1. The summed E-state index contributed by atoms with van der Waals surface area (Å²) in [5, 5.41) is 25.6. The highest BCUT2D eigenvalue weighted by Gasteiger charge is 2.29. The standard InChI is InChI=1S/C23H26N6O7/c24-23(25)27-15-8-6-14(7-9-15)20(33)26-11-10-17(30)28-16(12-18(31)32)21(34)29-19(22(35)36)13-4-2-1-3-5-13/h1-9,16,19H,10-12H2,(H,26,33)(H,28,30)(H,29,34)(H,31,32)(H,35,36)(H4,24,25,27)/t16-,19+/m0/s1. The minimum atomic E-state index is -1.53. The van der Waals surface area contributed by atoms with Crippen LogP contribution in [-0.2, 0) is 19.2 Å². The van der Waals surface area contributed by atoms with Crippen molar-refractivity contribution in [3.8, 4) is 0 Å². The normalized spacial score (nSPS) is 11.9. The molecule has 0 aliphatic rings. The molecule has 2 atom stereocenters. The van der Waals surface area contributed by atoms with E-state index in [1.54, 1.807) is 18.2 Å². The zero-order valence-corrected chi connectivity index (χ0v) is 19.0. The Balaban J connectivity index is 1.94. The van der Waals surface area contributed by atoms with E-state index in [1.165, 1.54) is 36.4 Å². The van der Waals surface area contributed by atoms with Crippen molar-refractivity contribution in [2.75, 3.05) is 6.54 Å². The molecule has 0 bridgehead atoms. The number of hydrogen-bond donors (Lipinski definition) is 7. The van der Waals surface area contributed by atoms with Crippen LogP contribution in [0.15, 0.2) is 59.6 Å². The number of carbonyl (C=O) groups is 5. The van der Waals surface area contributed by atoms with Crippen LogP contribution in [0.4, 0.5) is 5.69 Å². The van der Waals surface area contributed by atoms with Gasteiger partial charge in [0.25, 0.3) is 5.91 Å². The van der Waals surface area contributed by atoms with E-state index in [9.17, 15) is 29.1 Å². The molecule has 0 radical (unpaired) electrons. The number of benzene rings is 2. The summed E-state index contributed by atoms with van der Waals surface area (Å²) in [5.41, 5.74) is 11.6. The molecule has 0 spiro atoms. The van der Waals surface area contributed by atoms with Crippen molar-refractivity contribution in [3.63, 3.8) is 0 Å². The minimum absolute atomic E-state index is 0.108. The van der Waals surface area contributed by atoms with Crippen LogP contribution in [0.2, 0.25) is 0 Å². The van der Waals surface area contributed by atoms with Gasteiger partial charge in [-0.2, -0.15) is 0 Å². The molecule has 13 nitrogen and oxygen atoms in total. The summed E-state index contributed by atoms with van der Waals surface area (Å²) in [7, 11) is 0. The van der Waals surface area contributed by atoms with E-state index < -0.39 is 48.2 Å². The SMILES string of the molecule is NC(N)=Nc1ccc(C(=O)NCCC(=O)N[C@@H](CC(=O)O)C(=O)N[C@@H](C(=O)O)c2ccccc2)cc1. The third-order valence-electron chi connectivity index (χ3n) is 4.72. The number of nitrogens with two attached hydrogens (primary N) is 2. The van der Waals surface area contributed by atoms with E-state index in [2.05, 4.69) is 20.9 Å². The lowest BCUT2D eigenvalue weighted by Crippen LogP contribution is -2.50. The van der Waals surface area contributed by atoms with Crippen molar-refractivity contribution < 1.29 is 34.2 Å². The van der Waals surface area contributed by atoms with Crippen LogP contribution < -0.4 is 27.4 Å². The van der Waals surface area contributed by atoms with Gasteiger partial charge in [-0.1, -0.05) is 30.3 Å². The number of amides is 3. The van der Waals surface area contributed by atoms with Crippen LogP contribution in [0, 0.1) is 0 Å². The molecule has 0 aliphatic carbocycles. The van der Waals surface area contributed by atoms with Crippen LogP contribution >= 0.6 is 0 Å². The smallest absolute Gasteiger partial charge is 0.330 e. The van der Waals surface area contributed by atoms with Gasteiger partial charge in [0.2, 0.25) is 11.8 Å². The van der Waals surface area contributed by atoms with Crippen molar-refractivity contribution in [2.24, 2.45) is 16.5 Å². The Labute approximate surface area is 205 Å². The van der Waals surface area contributed by atoms with Gasteiger partial charge in [0.05, 0.1) is 12.1 Å². The summed E-state index contributed by atoms with van der Waals surface area (Å²) < 4.78 is 0. The molecule has 9 N–H and O–H groups in total. The number of carbonyl (C=O) groups excluding carboxylic acids is 3. The Morgan fingerprint density at radius 3 is 2.08 bits per heavy atom. The molecule has 0 aliphatic heterocycles. The monoisotopic (exact) mass is 498 g/mol. The Bertz CT molecular complexity index is 1130. The summed E-state index contributed by atoms with van der Waals surface area (Å²) in [6.07, 6.45) is -1.03. The Hall–Kier alpha value is -4.94. The lowest BCUT2D eigenvalue weighted by Gasteiger charge is -2.20. The average molecular weight is 498 g/mol. The van der Waals surface area contributed by atoms with Gasteiger partial charge in [0, 0.05) is 18.5 Å². The maximum Gasteiger partial charge on any atom is 0.330 e. The molecule has 3 amide bonds. The van der Waals surface area contributed by atoms with E-state index in [-0.39, 0.29) is 30.1 Å². The molecule has 0 fully saturated rings. The molecule has 2 aromatic carbocycles. The second-order valence-electron chi connectivity index (χ2n) is 7.50. The summed E-state index contributed by atoms with van der Waals surface area (Å²) in [6, 6.07) is 10.9. The van der Waals surface area contributed by atoms with Crippen LogP contribution in [0.5, 0.6) is 0 Å². The van der Waals surface area contributed by atoms with Gasteiger partial charge >= 0.3 is 11.9 Å². The number of carboxylic acids is 2. The van der Waals surface area contributed by atoms with Crippen LogP contribution in [0.1, 0.15) is 34.8 Å². The fourth-order valence-corrected chi connectivity index (χ4v) is 3.05. The molecule has 0 aromatic heterocycles. The van der Waals surface area contributed by atoms with Gasteiger partial charge in [-0.25, -0.2) is 9.79 Å². The van der Waals surface area contributed by atoms with Crippen molar-refractivity contribution in [2.45, 2.75) is 24.9 Å². The molecular weight excluding hydrogens is 472 g/mol. The molecule has 0 saturated heterocycles. The molecule has 2 rings (SSSR count). The Kier molecular flexibility index (Phi) is 9.92. The lowest BCUT2D eigenvalue weighted by atomic mass is 10.1. The largest absolute Gasteiger partial charge is 0.481 e. The summed E-state index contributed by atoms with van der Waals surface area (Å²) in [6.45, 7) is -0.108.